The van der Waals surface area contributed by atoms with Gasteiger partial charge in [0.1, 0.15) is 6.04 Å². The standard InChI is InChI=1S/C10H16N2O3/c1-6(2)7-8(13)12-5-3-4-10(12,15)9(14)11-7/h6-7,15H,3-5H2,1-2H3,(H,11,14)/t7-,10-/m1/s1. The zero-order valence-corrected chi connectivity index (χ0v) is 8.99. The van der Waals surface area contributed by atoms with Crippen LogP contribution in [0.15, 0.2) is 0 Å². The first-order chi connectivity index (χ1) is 6.97. The monoisotopic (exact) mass is 212 g/mol. The third kappa shape index (κ3) is 1.33. The Labute approximate surface area is 88.4 Å². The summed E-state index contributed by atoms with van der Waals surface area (Å²) in [5.41, 5.74) is -1.58. The third-order valence-corrected chi connectivity index (χ3v) is 3.20. The second-order valence-corrected chi connectivity index (χ2v) is 4.61. The van der Waals surface area contributed by atoms with Crippen molar-refractivity contribution < 1.29 is 14.7 Å². The minimum Gasteiger partial charge on any atom is -0.363 e. The molecule has 0 bridgehead atoms. The zero-order chi connectivity index (χ0) is 11.2. The van der Waals surface area contributed by atoms with Crippen molar-refractivity contribution >= 4 is 11.8 Å². The maximum atomic E-state index is 12.0. The van der Waals surface area contributed by atoms with Crippen molar-refractivity contribution in [2.75, 3.05) is 6.54 Å². The molecule has 0 spiro atoms. The molecule has 0 aromatic carbocycles. The predicted molar refractivity (Wildman–Crippen MR) is 52.7 cm³/mol. The second-order valence-electron chi connectivity index (χ2n) is 4.61. The van der Waals surface area contributed by atoms with E-state index in [4.69, 9.17) is 0 Å². The summed E-state index contributed by atoms with van der Waals surface area (Å²) in [5.74, 6) is -0.547. The number of hydrogen-bond acceptors (Lipinski definition) is 3. The lowest BCUT2D eigenvalue weighted by Crippen LogP contribution is -2.69. The number of amides is 2. The van der Waals surface area contributed by atoms with Crippen molar-refractivity contribution in [1.29, 1.82) is 0 Å². The average molecular weight is 212 g/mol. The van der Waals surface area contributed by atoms with E-state index in [9.17, 15) is 14.7 Å². The fourth-order valence-corrected chi connectivity index (χ4v) is 2.27. The molecule has 2 heterocycles. The van der Waals surface area contributed by atoms with Gasteiger partial charge in [0.05, 0.1) is 0 Å². The van der Waals surface area contributed by atoms with Crippen LogP contribution >= 0.6 is 0 Å². The highest BCUT2D eigenvalue weighted by Crippen LogP contribution is 2.31. The Morgan fingerprint density at radius 1 is 1.53 bits per heavy atom. The molecule has 5 heteroatoms. The average Bonchev–Trinajstić information content (AvgIpc) is 2.55. The highest BCUT2D eigenvalue weighted by atomic mass is 16.3. The smallest absolute Gasteiger partial charge is 0.274 e. The summed E-state index contributed by atoms with van der Waals surface area (Å²) in [7, 11) is 0. The molecule has 2 aliphatic heterocycles. The van der Waals surface area contributed by atoms with Crippen LogP contribution in [0.4, 0.5) is 0 Å². The lowest BCUT2D eigenvalue weighted by atomic mass is 9.97. The maximum Gasteiger partial charge on any atom is 0.274 e. The fourth-order valence-electron chi connectivity index (χ4n) is 2.27. The molecule has 2 amide bonds. The van der Waals surface area contributed by atoms with Crippen molar-refractivity contribution in [2.24, 2.45) is 5.92 Å². The molecule has 2 atom stereocenters. The molecule has 15 heavy (non-hydrogen) atoms. The van der Waals surface area contributed by atoms with Crippen LogP contribution in [-0.4, -0.2) is 40.1 Å². The van der Waals surface area contributed by atoms with E-state index in [0.29, 0.717) is 19.4 Å². The highest BCUT2D eigenvalue weighted by molar-refractivity contribution is 5.99. The summed E-state index contributed by atoms with van der Waals surface area (Å²) >= 11 is 0. The van der Waals surface area contributed by atoms with E-state index >= 15 is 0 Å². The number of hydrogen-bond donors (Lipinski definition) is 2. The number of carbonyl (C=O) groups excluding carboxylic acids is 2. The number of rotatable bonds is 1. The van der Waals surface area contributed by atoms with Gasteiger partial charge in [-0.2, -0.15) is 0 Å². The van der Waals surface area contributed by atoms with Gasteiger partial charge in [-0.1, -0.05) is 13.8 Å². The number of fused-ring (bicyclic) bond motifs is 1. The van der Waals surface area contributed by atoms with Crippen molar-refractivity contribution in [3.05, 3.63) is 0 Å². The van der Waals surface area contributed by atoms with Crippen molar-refractivity contribution in [1.82, 2.24) is 10.2 Å². The normalized spacial score (nSPS) is 35.7. The summed E-state index contributed by atoms with van der Waals surface area (Å²) < 4.78 is 0. The van der Waals surface area contributed by atoms with Crippen LogP contribution in [-0.2, 0) is 9.59 Å². The van der Waals surface area contributed by atoms with Crippen LogP contribution in [0.25, 0.3) is 0 Å². The van der Waals surface area contributed by atoms with Gasteiger partial charge in [-0.25, -0.2) is 0 Å². The van der Waals surface area contributed by atoms with Crippen LogP contribution in [0, 0.1) is 5.92 Å². The Hall–Kier alpha value is -1.10. The Balaban J connectivity index is 2.30. The number of piperazine rings is 1. The lowest BCUT2D eigenvalue weighted by Gasteiger charge is -2.41. The predicted octanol–water partition coefficient (Wildman–Crippen LogP) is -0.548. The maximum absolute atomic E-state index is 12.0. The summed E-state index contributed by atoms with van der Waals surface area (Å²) in [6.45, 7) is 4.23. The van der Waals surface area contributed by atoms with Crippen molar-refractivity contribution in [3.63, 3.8) is 0 Å². The van der Waals surface area contributed by atoms with Crippen LogP contribution in [0.1, 0.15) is 26.7 Å². The number of nitrogens with zero attached hydrogens (tertiary/aromatic N) is 1. The van der Waals surface area contributed by atoms with Crippen LogP contribution < -0.4 is 5.32 Å². The van der Waals surface area contributed by atoms with Gasteiger partial charge in [0.2, 0.25) is 11.6 Å². The molecular weight excluding hydrogens is 196 g/mol. The summed E-state index contributed by atoms with van der Waals surface area (Å²) in [6.07, 6.45) is 1.02. The number of aliphatic hydroxyl groups is 1. The topological polar surface area (TPSA) is 69.6 Å². The van der Waals surface area contributed by atoms with Crippen molar-refractivity contribution in [3.8, 4) is 0 Å². The molecule has 2 aliphatic rings. The van der Waals surface area contributed by atoms with E-state index in [-0.39, 0.29) is 11.8 Å². The Bertz CT molecular complexity index is 316. The first kappa shape index (κ1) is 10.4. The molecular formula is C10H16N2O3. The minimum atomic E-state index is -1.58. The van der Waals surface area contributed by atoms with E-state index in [2.05, 4.69) is 5.32 Å². The van der Waals surface area contributed by atoms with Gasteiger partial charge in [0, 0.05) is 13.0 Å². The molecule has 0 unspecified atom stereocenters. The van der Waals surface area contributed by atoms with Gasteiger partial charge in [0.15, 0.2) is 0 Å². The van der Waals surface area contributed by atoms with Crippen molar-refractivity contribution in [2.45, 2.75) is 38.5 Å². The van der Waals surface area contributed by atoms with Gasteiger partial charge in [-0.15, -0.1) is 0 Å². The second kappa shape index (κ2) is 3.20. The highest BCUT2D eigenvalue weighted by Gasteiger charge is 2.54. The quantitative estimate of drug-likeness (QED) is 0.613. The molecule has 0 saturated carbocycles. The number of carbonyl (C=O) groups is 2. The SMILES string of the molecule is CC(C)[C@H]1NC(=O)[C@]2(O)CCCN2C1=O. The molecule has 5 nitrogen and oxygen atoms in total. The van der Waals surface area contributed by atoms with Crippen LogP contribution in [0.5, 0.6) is 0 Å². The van der Waals surface area contributed by atoms with Gasteiger partial charge < -0.3 is 15.3 Å². The fraction of sp³-hybridized carbons (Fsp3) is 0.800. The Morgan fingerprint density at radius 2 is 2.20 bits per heavy atom. The van der Waals surface area contributed by atoms with Gasteiger partial charge >= 0.3 is 0 Å². The largest absolute Gasteiger partial charge is 0.363 e. The summed E-state index contributed by atoms with van der Waals surface area (Å²) in [6, 6.07) is -0.490. The molecule has 84 valence electrons. The van der Waals surface area contributed by atoms with Gasteiger partial charge in [-0.3, -0.25) is 9.59 Å². The number of nitrogens with one attached hydrogen (secondary N) is 1. The van der Waals surface area contributed by atoms with Gasteiger partial charge in [-0.05, 0) is 12.3 Å². The molecule has 0 aromatic heterocycles. The first-order valence-corrected chi connectivity index (χ1v) is 5.31. The molecule has 0 radical (unpaired) electrons. The molecule has 2 saturated heterocycles. The van der Waals surface area contributed by atoms with Crippen LogP contribution in [0.2, 0.25) is 0 Å². The van der Waals surface area contributed by atoms with Gasteiger partial charge in [0.25, 0.3) is 5.91 Å². The molecule has 0 aliphatic carbocycles. The summed E-state index contributed by atoms with van der Waals surface area (Å²) in [4.78, 5) is 25.0. The molecule has 2 rings (SSSR count). The first-order valence-electron chi connectivity index (χ1n) is 5.31. The van der Waals surface area contributed by atoms with E-state index in [1.807, 2.05) is 13.8 Å². The molecule has 2 N–H and O–H groups in total. The lowest BCUT2D eigenvalue weighted by molar-refractivity contribution is -0.179. The summed E-state index contributed by atoms with van der Waals surface area (Å²) in [5, 5.41) is 12.6. The van der Waals surface area contributed by atoms with Crippen LogP contribution in [0.3, 0.4) is 0 Å². The molecule has 2 fully saturated rings. The Kier molecular flexibility index (Phi) is 2.22. The van der Waals surface area contributed by atoms with E-state index in [0.717, 1.165) is 0 Å². The van der Waals surface area contributed by atoms with E-state index in [1.165, 1.54) is 4.90 Å². The molecule has 0 aromatic rings. The zero-order valence-electron chi connectivity index (χ0n) is 8.99. The third-order valence-electron chi connectivity index (χ3n) is 3.20. The van der Waals surface area contributed by atoms with E-state index in [1.54, 1.807) is 0 Å². The van der Waals surface area contributed by atoms with E-state index < -0.39 is 17.7 Å². The Morgan fingerprint density at radius 3 is 2.80 bits per heavy atom. The minimum absolute atomic E-state index is 0.0478.